The van der Waals surface area contributed by atoms with Crippen LogP contribution in [0.1, 0.15) is 12.0 Å². The van der Waals surface area contributed by atoms with Gasteiger partial charge >= 0.3 is 0 Å². The summed E-state index contributed by atoms with van der Waals surface area (Å²) in [5.74, 6) is 3.34. The monoisotopic (exact) mass is 510 g/mol. The second-order valence-electron chi connectivity index (χ2n) is 6.76. The van der Waals surface area contributed by atoms with Gasteiger partial charge in [0.2, 0.25) is 5.95 Å². The SMILES string of the molecule is CN=C(NCc1ccc2c(c1)OCCCO2)N1CCN(c2ncccn2)CC1.I. The minimum atomic E-state index is 0. The van der Waals surface area contributed by atoms with Gasteiger partial charge in [0.15, 0.2) is 17.5 Å². The lowest BCUT2D eigenvalue weighted by Crippen LogP contribution is -2.52. The molecule has 0 radical (unpaired) electrons. The van der Waals surface area contributed by atoms with Crippen molar-refractivity contribution >= 4 is 35.9 Å². The molecule has 0 atom stereocenters. The first-order valence-corrected chi connectivity index (χ1v) is 9.69. The molecule has 2 aromatic rings. The highest BCUT2D eigenvalue weighted by atomic mass is 127. The molecule has 1 fully saturated rings. The summed E-state index contributed by atoms with van der Waals surface area (Å²) in [6, 6.07) is 7.94. The van der Waals surface area contributed by atoms with Gasteiger partial charge in [-0.2, -0.15) is 0 Å². The molecule has 29 heavy (non-hydrogen) atoms. The van der Waals surface area contributed by atoms with Crippen LogP contribution in [0, 0.1) is 0 Å². The largest absolute Gasteiger partial charge is 0.490 e. The highest BCUT2D eigenvalue weighted by molar-refractivity contribution is 14.0. The molecule has 0 amide bonds. The maximum atomic E-state index is 5.78. The zero-order valence-electron chi connectivity index (χ0n) is 16.6. The van der Waals surface area contributed by atoms with Crippen molar-refractivity contribution in [2.75, 3.05) is 51.3 Å². The van der Waals surface area contributed by atoms with Crippen molar-refractivity contribution in [3.63, 3.8) is 0 Å². The summed E-state index contributed by atoms with van der Waals surface area (Å²) < 4.78 is 11.5. The summed E-state index contributed by atoms with van der Waals surface area (Å²) in [6.45, 7) is 5.57. The van der Waals surface area contributed by atoms with Crippen molar-refractivity contribution in [3.8, 4) is 11.5 Å². The first-order chi connectivity index (χ1) is 13.8. The van der Waals surface area contributed by atoms with Gasteiger partial charge in [-0.05, 0) is 23.8 Å². The summed E-state index contributed by atoms with van der Waals surface area (Å²) in [6.07, 6.45) is 4.48. The summed E-state index contributed by atoms with van der Waals surface area (Å²) in [7, 11) is 1.82. The fourth-order valence-electron chi connectivity index (χ4n) is 3.40. The number of aromatic nitrogens is 2. The Morgan fingerprint density at radius 1 is 1.07 bits per heavy atom. The number of nitrogens with zero attached hydrogens (tertiary/aromatic N) is 5. The summed E-state index contributed by atoms with van der Waals surface area (Å²) in [5, 5.41) is 3.46. The van der Waals surface area contributed by atoms with Crippen molar-refractivity contribution in [2.24, 2.45) is 4.99 Å². The lowest BCUT2D eigenvalue weighted by Gasteiger charge is -2.36. The fraction of sp³-hybridized carbons (Fsp3) is 0.450. The van der Waals surface area contributed by atoms with Crippen LogP contribution in [-0.2, 0) is 6.54 Å². The summed E-state index contributed by atoms with van der Waals surface area (Å²) >= 11 is 0. The van der Waals surface area contributed by atoms with Gasteiger partial charge in [0.25, 0.3) is 0 Å². The van der Waals surface area contributed by atoms with Gasteiger partial charge in [-0.1, -0.05) is 6.07 Å². The molecule has 1 saturated heterocycles. The maximum absolute atomic E-state index is 5.78. The zero-order chi connectivity index (χ0) is 19.2. The standard InChI is InChI=1S/C20H26N6O2.HI/c1-21-19(25-8-10-26(11-9-25)20-22-6-2-7-23-20)24-15-16-4-5-17-18(14-16)28-13-3-12-27-17;/h2,4-7,14H,3,8-13,15H2,1H3,(H,21,24);1H. The van der Waals surface area contributed by atoms with Crippen molar-refractivity contribution < 1.29 is 9.47 Å². The van der Waals surface area contributed by atoms with Crippen molar-refractivity contribution in [2.45, 2.75) is 13.0 Å². The number of anilines is 1. The van der Waals surface area contributed by atoms with Crippen LogP contribution in [0.3, 0.4) is 0 Å². The molecule has 3 heterocycles. The van der Waals surface area contributed by atoms with Crippen LogP contribution in [0.25, 0.3) is 0 Å². The number of rotatable bonds is 3. The Morgan fingerprint density at radius 3 is 2.52 bits per heavy atom. The Balaban J connectivity index is 0.00000240. The average molecular weight is 510 g/mol. The Morgan fingerprint density at radius 2 is 1.79 bits per heavy atom. The smallest absolute Gasteiger partial charge is 0.225 e. The van der Waals surface area contributed by atoms with Gasteiger partial charge < -0.3 is 24.6 Å². The number of aliphatic imine (C=N–C) groups is 1. The number of piperazine rings is 1. The van der Waals surface area contributed by atoms with E-state index in [0.717, 1.165) is 61.6 Å². The molecule has 0 saturated carbocycles. The third-order valence-corrected chi connectivity index (χ3v) is 4.89. The third-order valence-electron chi connectivity index (χ3n) is 4.89. The number of benzene rings is 1. The molecule has 8 nitrogen and oxygen atoms in total. The number of hydrogen-bond acceptors (Lipinski definition) is 6. The Kier molecular flexibility index (Phi) is 7.73. The van der Waals surface area contributed by atoms with Gasteiger partial charge in [0.1, 0.15) is 0 Å². The predicted molar refractivity (Wildman–Crippen MR) is 123 cm³/mol. The second kappa shape index (κ2) is 10.5. The van der Waals surface area contributed by atoms with Crippen LogP contribution in [0.5, 0.6) is 11.5 Å². The maximum Gasteiger partial charge on any atom is 0.225 e. The van der Waals surface area contributed by atoms with Crippen molar-refractivity contribution in [1.29, 1.82) is 0 Å². The first kappa shape index (κ1) is 21.4. The third kappa shape index (κ3) is 5.40. The van der Waals surface area contributed by atoms with Gasteiger partial charge in [-0.3, -0.25) is 4.99 Å². The zero-order valence-corrected chi connectivity index (χ0v) is 18.9. The fourth-order valence-corrected chi connectivity index (χ4v) is 3.40. The van der Waals surface area contributed by atoms with Crippen LogP contribution in [-0.4, -0.2) is 67.3 Å². The van der Waals surface area contributed by atoms with Crippen LogP contribution in [0.4, 0.5) is 5.95 Å². The molecule has 156 valence electrons. The van der Waals surface area contributed by atoms with Gasteiger partial charge in [0.05, 0.1) is 13.2 Å². The quantitative estimate of drug-likeness (QED) is 0.386. The normalized spacial score (nSPS) is 16.7. The molecule has 9 heteroatoms. The average Bonchev–Trinajstić information content (AvgIpc) is 3.00. The van der Waals surface area contributed by atoms with Crippen LogP contribution >= 0.6 is 24.0 Å². The number of nitrogens with one attached hydrogen (secondary N) is 1. The molecule has 0 spiro atoms. The Hall–Kier alpha value is -2.30. The van der Waals surface area contributed by atoms with Gasteiger partial charge in [-0.25, -0.2) is 9.97 Å². The topological polar surface area (TPSA) is 75.1 Å². The lowest BCUT2D eigenvalue weighted by molar-refractivity contribution is 0.297. The number of ether oxygens (including phenoxy) is 2. The molecule has 2 aliphatic heterocycles. The first-order valence-electron chi connectivity index (χ1n) is 9.69. The van der Waals surface area contributed by atoms with Gasteiger partial charge in [0, 0.05) is 58.6 Å². The number of fused-ring (bicyclic) bond motifs is 1. The van der Waals surface area contributed by atoms with Crippen LogP contribution < -0.4 is 19.7 Å². The Bertz CT molecular complexity index is 812. The molecular weight excluding hydrogens is 483 g/mol. The predicted octanol–water partition coefficient (Wildman–Crippen LogP) is 2.15. The number of hydrogen-bond donors (Lipinski definition) is 1. The number of guanidine groups is 1. The highest BCUT2D eigenvalue weighted by Gasteiger charge is 2.21. The minimum Gasteiger partial charge on any atom is -0.490 e. The van der Waals surface area contributed by atoms with E-state index >= 15 is 0 Å². The minimum absolute atomic E-state index is 0. The molecule has 0 unspecified atom stereocenters. The van der Waals surface area contributed by atoms with E-state index in [1.165, 1.54) is 0 Å². The summed E-state index contributed by atoms with van der Waals surface area (Å²) in [5.41, 5.74) is 1.14. The molecule has 1 N–H and O–H groups in total. The highest BCUT2D eigenvalue weighted by Crippen LogP contribution is 2.30. The molecular formula is C20H27IN6O2. The number of halogens is 1. The van der Waals surface area contributed by atoms with E-state index < -0.39 is 0 Å². The van der Waals surface area contributed by atoms with E-state index in [2.05, 4.69) is 36.1 Å². The van der Waals surface area contributed by atoms with Crippen LogP contribution in [0.2, 0.25) is 0 Å². The van der Waals surface area contributed by atoms with Crippen LogP contribution in [0.15, 0.2) is 41.7 Å². The van der Waals surface area contributed by atoms with Crippen molar-refractivity contribution in [1.82, 2.24) is 20.2 Å². The molecule has 1 aromatic heterocycles. The van der Waals surface area contributed by atoms with Gasteiger partial charge in [-0.15, -0.1) is 24.0 Å². The van der Waals surface area contributed by atoms with E-state index in [1.807, 2.05) is 25.2 Å². The molecule has 0 bridgehead atoms. The summed E-state index contributed by atoms with van der Waals surface area (Å²) in [4.78, 5) is 17.6. The molecule has 0 aliphatic carbocycles. The lowest BCUT2D eigenvalue weighted by atomic mass is 10.2. The second-order valence-corrected chi connectivity index (χ2v) is 6.76. The Labute approximate surface area is 188 Å². The van der Waals surface area contributed by atoms with E-state index in [-0.39, 0.29) is 24.0 Å². The van der Waals surface area contributed by atoms with E-state index in [1.54, 1.807) is 12.4 Å². The molecule has 1 aromatic carbocycles. The molecule has 4 rings (SSSR count). The molecule has 2 aliphatic rings. The van der Waals surface area contributed by atoms with E-state index in [0.29, 0.717) is 19.8 Å². The van der Waals surface area contributed by atoms with E-state index in [4.69, 9.17) is 9.47 Å². The van der Waals surface area contributed by atoms with Crippen molar-refractivity contribution in [3.05, 3.63) is 42.2 Å². The van der Waals surface area contributed by atoms with E-state index in [9.17, 15) is 0 Å².